The average Bonchev–Trinajstić information content (AvgIpc) is 2.83. The van der Waals surface area contributed by atoms with Crippen molar-refractivity contribution in [3.63, 3.8) is 0 Å². The molecule has 190 valence electrons. The van der Waals surface area contributed by atoms with Crippen molar-refractivity contribution in [3.05, 3.63) is 48.0 Å². The molecular weight excluding hydrogens is 468 g/mol. The Morgan fingerprint density at radius 2 is 1.89 bits per heavy atom. The predicted octanol–water partition coefficient (Wildman–Crippen LogP) is 4.07. The first-order chi connectivity index (χ1) is 16.8. The van der Waals surface area contributed by atoms with Gasteiger partial charge in [0.1, 0.15) is 6.04 Å². The number of ether oxygens (including phenoxy) is 2. The van der Waals surface area contributed by atoms with E-state index in [4.69, 9.17) is 9.47 Å². The van der Waals surface area contributed by atoms with Crippen LogP contribution in [0.15, 0.2) is 47.6 Å². The van der Waals surface area contributed by atoms with Crippen molar-refractivity contribution >= 4 is 33.5 Å². The van der Waals surface area contributed by atoms with Crippen molar-refractivity contribution in [2.45, 2.75) is 45.1 Å². The number of hydrogen-bond acceptors (Lipinski definition) is 7. The minimum absolute atomic E-state index is 0.149. The second-order valence-electron chi connectivity index (χ2n) is 8.47. The van der Waals surface area contributed by atoms with Gasteiger partial charge in [-0.2, -0.15) is 5.10 Å². The Morgan fingerprint density at radius 3 is 2.57 bits per heavy atom. The molecule has 1 fully saturated rings. The first kappa shape index (κ1) is 26.3. The number of hydrogen-bond donors (Lipinski definition) is 2. The highest BCUT2D eigenvalue weighted by Crippen LogP contribution is 2.28. The summed E-state index contributed by atoms with van der Waals surface area (Å²) in [5.74, 6) is 1.20. The monoisotopic (exact) mass is 502 g/mol. The summed E-state index contributed by atoms with van der Waals surface area (Å²) in [4.78, 5) is 13.0. The molecule has 10 heteroatoms. The van der Waals surface area contributed by atoms with Gasteiger partial charge in [0.25, 0.3) is 0 Å². The van der Waals surface area contributed by atoms with Gasteiger partial charge < -0.3 is 14.8 Å². The summed E-state index contributed by atoms with van der Waals surface area (Å²) >= 11 is 0. The molecule has 9 nitrogen and oxygen atoms in total. The first-order valence-electron chi connectivity index (χ1n) is 11.8. The molecule has 1 heterocycles. The Labute approximate surface area is 207 Å². The van der Waals surface area contributed by atoms with Crippen LogP contribution in [0, 0.1) is 0 Å². The molecule has 0 spiro atoms. The van der Waals surface area contributed by atoms with Crippen molar-refractivity contribution in [3.8, 4) is 11.5 Å². The Balaban J connectivity index is 1.67. The number of hydrazone groups is 1. The Hall–Kier alpha value is -3.27. The lowest BCUT2D eigenvalue weighted by Gasteiger charge is -2.32. The summed E-state index contributed by atoms with van der Waals surface area (Å²) in [7, 11) is -1.74. The van der Waals surface area contributed by atoms with Crippen LogP contribution in [0.3, 0.4) is 0 Å². The van der Waals surface area contributed by atoms with Gasteiger partial charge in [-0.1, -0.05) is 13.3 Å². The van der Waals surface area contributed by atoms with Crippen LogP contribution in [0.4, 0.5) is 11.4 Å². The molecule has 1 aliphatic rings. The van der Waals surface area contributed by atoms with Gasteiger partial charge in [-0.3, -0.25) is 14.5 Å². The maximum Gasteiger partial charge on any atom is 0.248 e. The smallest absolute Gasteiger partial charge is 0.248 e. The average molecular weight is 503 g/mol. The number of nitrogens with zero attached hydrogens (tertiary/aromatic N) is 2. The van der Waals surface area contributed by atoms with Crippen LogP contribution < -0.4 is 19.5 Å². The maximum absolute atomic E-state index is 13.0. The molecule has 0 bridgehead atoms. The molecule has 2 aromatic rings. The molecular formula is C25H34N4O5S. The van der Waals surface area contributed by atoms with E-state index < -0.39 is 16.1 Å². The van der Waals surface area contributed by atoms with Crippen LogP contribution >= 0.6 is 0 Å². The highest BCUT2D eigenvalue weighted by Gasteiger charge is 2.28. The van der Waals surface area contributed by atoms with Gasteiger partial charge in [0, 0.05) is 17.9 Å². The van der Waals surface area contributed by atoms with Crippen LogP contribution in [0.1, 0.15) is 44.6 Å². The van der Waals surface area contributed by atoms with E-state index in [-0.39, 0.29) is 5.91 Å². The van der Waals surface area contributed by atoms with Gasteiger partial charge in [0.05, 0.1) is 26.2 Å². The number of rotatable bonds is 11. The second kappa shape index (κ2) is 12.4. The predicted molar refractivity (Wildman–Crippen MR) is 139 cm³/mol. The summed E-state index contributed by atoms with van der Waals surface area (Å²) in [6.45, 7) is 3.41. The van der Waals surface area contributed by atoms with E-state index >= 15 is 0 Å². The SMILES string of the molecule is CCCCOc1cc(/C=N/N2CCCCC2C(=O)Nc2ccc(NS(C)(=O)=O)cc2)ccc1OC. The van der Waals surface area contributed by atoms with Gasteiger partial charge in [-0.25, -0.2) is 8.42 Å². The lowest BCUT2D eigenvalue weighted by atomic mass is 10.0. The van der Waals surface area contributed by atoms with Gasteiger partial charge >= 0.3 is 0 Å². The molecule has 0 radical (unpaired) electrons. The standard InChI is InChI=1S/C25H34N4O5S/c1-4-5-16-34-24-17-19(9-14-23(24)33-2)18-26-29-15-7-6-8-22(29)25(30)27-20-10-12-21(13-11-20)28-35(3,31)32/h9-14,17-18,22,28H,4-8,15-16H2,1-3H3,(H,27,30)/b26-18+. The van der Waals surface area contributed by atoms with E-state index in [2.05, 4.69) is 22.1 Å². The Morgan fingerprint density at radius 1 is 1.14 bits per heavy atom. The molecule has 0 aromatic heterocycles. The Kier molecular flexibility index (Phi) is 9.36. The van der Waals surface area contributed by atoms with E-state index in [0.717, 1.165) is 37.5 Å². The number of anilines is 2. The van der Waals surface area contributed by atoms with E-state index in [1.807, 2.05) is 23.2 Å². The summed E-state index contributed by atoms with van der Waals surface area (Å²) < 4.78 is 36.4. The fourth-order valence-corrected chi connectivity index (χ4v) is 4.30. The normalized spacial score (nSPS) is 16.2. The molecule has 1 unspecified atom stereocenters. The first-order valence-corrected chi connectivity index (χ1v) is 13.7. The zero-order chi connectivity index (χ0) is 25.3. The number of methoxy groups -OCH3 is 1. The summed E-state index contributed by atoms with van der Waals surface area (Å²) in [5, 5.41) is 9.35. The van der Waals surface area contributed by atoms with E-state index in [1.165, 1.54) is 0 Å². The van der Waals surface area contributed by atoms with Crippen molar-refractivity contribution in [2.24, 2.45) is 5.10 Å². The number of amides is 1. The highest BCUT2D eigenvalue weighted by atomic mass is 32.2. The van der Waals surface area contributed by atoms with Crippen LogP contribution in [-0.2, 0) is 14.8 Å². The number of carbonyl (C=O) groups is 1. The molecule has 1 atom stereocenters. The topological polar surface area (TPSA) is 109 Å². The molecule has 0 saturated carbocycles. The molecule has 0 aliphatic carbocycles. The summed E-state index contributed by atoms with van der Waals surface area (Å²) in [6, 6.07) is 11.8. The number of benzene rings is 2. The third-order valence-corrected chi connectivity index (χ3v) is 6.14. The number of nitrogens with one attached hydrogen (secondary N) is 2. The molecule has 1 saturated heterocycles. The van der Waals surface area contributed by atoms with Crippen molar-refractivity contribution in [1.82, 2.24) is 5.01 Å². The number of piperidine rings is 1. The highest BCUT2D eigenvalue weighted by molar-refractivity contribution is 7.92. The van der Waals surface area contributed by atoms with Gasteiger partial charge in [0.15, 0.2) is 11.5 Å². The van der Waals surface area contributed by atoms with Crippen LogP contribution in [-0.4, -0.2) is 58.1 Å². The van der Waals surface area contributed by atoms with E-state index in [0.29, 0.717) is 42.4 Å². The fourth-order valence-electron chi connectivity index (χ4n) is 3.74. The van der Waals surface area contributed by atoms with E-state index in [9.17, 15) is 13.2 Å². The lowest BCUT2D eigenvalue weighted by Crippen LogP contribution is -2.44. The van der Waals surface area contributed by atoms with Crippen LogP contribution in [0.25, 0.3) is 0 Å². The number of sulfonamides is 1. The minimum atomic E-state index is -3.35. The minimum Gasteiger partial charge on any atom is -0.493 e. The number of unbranched alkanes of at least 4 members (excludes halogenated alkanes) is 1. The molecule has 35 heavy (non-hydrogen) atoms. The summed E-state index contributed by atoms with van der Waals surface area (Å²) in [5.41, 5.74) is 1.88. The van der Waals surface area contributed by atoms with Crippen LogP contribution in [0.5, 0.6) is 11.5 Å². The Bertz CT molecular complexity index is 1120. The maximum atomic E-state index is 13.0. The quantitative estimate of drug-likeness (QED) is 0.354. The largest absolute Gasteiger partial charge is 0.493 e. The van der Waals surface area contributed by atoms with E-state index in [1.54, 1.807) is 37.6 Å². The number of carbonyl (C=O) groups excluding carboxylic acids is 1. The zero-order valence-corrected chi connectivity index (χ0v) is 21.3. The molecule has 1 amide bonds. The molecule has 1 aliphatic heterocycles. The third-order valence-electron chi connectivity index (χ3n) is 5.53. The molecule has 3 rings (SSSR count). The van der Waals surface area contributed by atoms with Crippen LogP contribution in [0.2, 0.25) is 0 Å². The third kappa shape index (κ3) is 8.17. The van der Waals surface area contributed by atoms with Gasteiger partial charge in [-0.05, 0) is 73.7 Å². The lowest BCUT2D eigenvalue weighted by molar-refractivity contribution is -0.122. The molecule has 2 aromatic carbocycles. The summed E-state index contributed by atoms with van der Waals surface area (Å²) in [6.07, 6.45) is 7.44. The van der Waals surface area contributed by atoms with Gasteiger partial charge in [-0.15, -0.1) is 0 Å². The van der Waals surface area contributed by atoms with Crippen molar-refractivity contribution in [1.29, 1.82) is 0 Å². The zero-order valence-electron chi connectivity index (χ0n) is 20.5. The van der Waals surface area contributed by atoms with Gasteiger partial charge in [0.2, 0.25) is 15.9 Å². The van der Waals surface area contributed by atoms with Crippen molar-refractivity contribution in [2.75, 3.05) is 36.6 Å². The fraction of sp³-hybridized carbons (Fsp3) is 0.440. The second-order valence-corrected chi connectivity index (χ2v) is 10.2. The van der Waals surface area contributed by atoms with Crippen molar-refractivity contribution < 1.29 is 22.7 Å². The molecule has 2 N–H and O–H groups in total.